The number of carboxylic acid groups (broad SMARTS) is 1. The Morgan fingerprint density at radius 1 is 1.21 bits per heavy atom. The van der Waals surface area contributed by atoms with Gasteiger partial charge in [0.2, 0.25) is 0 Å². The van der Waals surface area contributed by atoms with Gasteiger partial charge in [-0.2, -0.15) is 5.10 Å². The number of carbonyl (C=O) groups is 1. The largest absolute Gasteiger partial charge is 0.478 e. The minimum absolute atomic E-state index is 0.241. The van der Waals surface area contributed by atoms with Crippen molar-refractivity contribution >= 4 is 29.6 Å². The Morgan fingerprint density at radius 2 is 1.95 bits per heavy atom. The lowest BCUT2D eigenvalue weighted by Gasteiger charge is -2.03. The van der Waals surface area contributed by atoms with Crippen LogP contribution in [0.1, 0.15) is 10.4 Å². The van der Waals surface area contributed by atoms with Gasteiger partial charge in [0.1, 0.15) is 0 Å². The average Bonchev–Trinajstić information content (AvgIpc) is 2.81. The number of rotatable bonds is 2. The predicted octanol–water partition coefficient (Wildman–Crippen LogP) is 2.41. The molecule has 6 heteroatoms. The van der Waals surface area contributed by atoms with Crippen LogP contribution in [0.4, 0.5) is 0 Å². The lowest BCUT2D eigenvalue weighted by molar-refractivity contribution is 0.0697. The van der Waals surface area contributed by atoms with Crippen molar-refractivity contribution in [1.29, 1.82) is 0 Å². The quantitative estimate of drug-likeness (QED) is 0.702. The van der Waals surface area contributed by atoms with Gasteiger partial charge in [-0.25, -0.2) is 14.5 Å². The maximum Gasteiger partial charge on any atom is 0.335 e. The van der Waals surface area contributed by atoms with Crippen LogP contribution in [-0.2, 0) is 0 Å². The standard InChI is InChI=1S/C13H9N3O2S/c17-13(18)8-1-3-10(4-2-8)16-12-9(6-15-16)5-11(19)7-14-12/h1-7,19H,(H,17,18). The number of carboxylic acids is 1. The summed E-state index contributed by atoms with van der Waals surface area (Å²) in [6, 6.07) is 8.36. The van der Waals surface area contributed by atoms with E-state index >= 15 is 0 Å². The second-order valence-corrected chi connectivity index (χ2v) is 4.53. The van der Waals surface area contributed by atoms with Gasteiger partial charge < -0.3 is 5.11 Å². The molecule has 0 aliphatic heterocycles. The monoisotopic (exact) mass is 271 g/mol. The van der Waals surface area contributed by atoms with Gasteiger partial charge >= 0.3 is 5.97 Å². The zero-order chi connectivity index (χ0) is 13.4. The second kappa shape index (κ2) is 4.40. The van der Waals surface area contributed by atoms with E-state index in [4.69, 9.17) is 5.11 Å². The summed E-state index contributed by atoms with van der Waals surface area (Å²) in [5, 5.41) is 14.0. The predicted molar refractivity (Wildman–Crippen MR) is 73.1 cm³/mol. The lowest BCUT2D eigenvalue weighted by atomic mass is 10.2. The molecule has 0 radical (unpaired) electrons. The SMILES string of the molecule is O=C(O)c1ccc(-n2ncc3cc(S)cnc32)cc1. The van der Waals surface area contributed by atoms with Gasteiger partial charge in [-0.05, 0) is 30.3 Å². The first-order chi connectivity index (χ1) is 9.15. The molecular weight excluding hydrogens is 262 g/mol. The summed E-state index contributed by atoms with van der Waals surface area (Å²) in [5.41, 5.74) is 1.71. The number of hydrogen-bond donors (Lipinski definition) is 2. The number of hydrogen-bond acceptors (Lipinski definition) is 4. The van der Waals surface area contributed by atoms with E-state index in [0.29, 0.717) is 5.65 Å². The Bertz CT molecular complexity index is 765. The topological polar surface area (TPSA) is 68.0 Å². The molecule has 0 amide bonds. The van der Waals surface area contributed by atoms with E-state index in [1.807, 2.05) is 6.07 Å². The van der Waals surface area contributed by atoms with E-state index in [2.05, 4.69) is 22.7 Å². The van der Waals surface area contributed by atoms with E-state index < -0.39 is 5.97 Å². The first-order valence-electron chi connectivity index (χ1n) is 5.51. The molecule has 0 fully saturated rings. The summed E-state index contributed by atoms with van der Waals surface area (Å²) < 4.78 is 1.66. The van der Waals surface area contributed by atoms with Gasteiger partial charge in [0.15, 0.2) is 5.65 Å². The summed E-state index contributed by atoms with van der Waals surface area (Å²) in [6.07, 6.45) is 3.35. The number of aromatic carboxylic acids is 1. The van der Waals surface area contributed by atoms with Gasteiger partial charge in [-0.3, -0.25) is 0 Å². The molecule has 3 rings (SSSR count). The maximum absolute atomic E-state index is 10.8. The fourth-order valence-electron chi connectivity index (χ4n) is 1.84. The zero-order valence-electron chi connectivity index (χ0n) is 9.69. The molecule has 0 unspecified atom stereocenters. The van der Waals surface area contributed by atoms with Crippen LogP contribution >= 0.6 is 12.6 Å². The molecule has 1 N–H and O–H groups in total. The van der Waals surface area contributed by atoms with Crippen LogP contribution in [0.15, 0.2) is 47.6 Å². The van der Waals surface area contributed by atoms with Crippen LogP contribution in [0, 0.1) is 0 Å². The van der Waals surface area contributed by atoms with E-state index in [1.165, 1.54) is 12.1 Å². The molecule has 0 aliphatic carbocycles. The molecular formula is C13H9N3O2S. The summed E-state index contributed by atoms with van der Waals surface area (Å²) in [7, 11) is 0. The Balaban J connectivity index is 2.11. The van der Waals surface area contributed by atoms with Crippen LogP contribution in [0.3, 0.4) is 0 Å². The van der Waals surface area contributed by atoms with Crippen LogP contribution in [0.5, 0.6) is 0 Å². The Kier molecular flexibility index (Phi) is 2.72. The first kappa shape index (κ1) is 11.7. The number of aromatic nitrogens is 3. The Hall–Kier alpha value is -2.34. The zero-order valence-corrected chi connectivity index (χ0v) is 10.6. The van der Waals surface area contributed by atoms with Gasteiger partial charge in [-0.1, -0.05) is 0 Å². The molecule has 0 aliphatic rings. The number of pyridine rings is 1. The van der Waals surface area contributed by atoms with Crippen molar-refractivity contribution in [2.24, 2.45) is 0 Å². The highest BCUT2D eigenvalue weighted by atomic mass is 32.1. The van der Waals surface area contributed by atoms with Crippen molar-refractivity contribution in [3.8, 4) is 5.69 Å². The molecule has 2 heterocycles. The highest BCUT2D eigenvalue weighted by molar-refractivity contribution is 7.80. The van der Waals surface area contributed by atoms with Gasteiger partial charge in [0, 0.05) is 16.5 Å². The van der Waals surface area contributed by atoms with Crippen LogP contribution in [0.2, 0.25) is 0 Å². The van der Waals surface area contributed by atoms with Crippen molar-refractivity contribution < 1.29 is 9.90 Å². The molecule has 0 spiro atoms. The minimum atomic E-state index is -0.949. The summed E-state index contributed by atoms with van der Waals surface area (Å²) >= 11 is 4.23. The van der Waals surface area contributed by atoms with Gasteiger partial charge in [0.05, 0.1) is 17.4 Å². The summed E-state index contributed by atoms with van der Waals surface area (Å²) in [5.74, 6) is -0.949. The molecule has 19 heavy (non-hydrogen) atoms. The number of fused-ring (bicyclic) bond motifs is 1. The van der Waals surface area contributed by atoms with E-state index in [0.717, 1.165) is 16.0 Å². The molecule has 2 aromatic heterocycles. The van der Waals surface area contributed by atoms with Crippen LogP contribution < -0.4 is 0 Å². The van der Waals surface area contributed by atoms with Crippen molar-refractivity contribution in [3.63, 3.8) is 0 Å². The molecule has 0 bridgehead atoms. The van der Waals surface area contributed by atoms with E-state index in [-0.39, 0.29) is 5.56 Å². The second-order valence-electron chi connectivity index (χ2n) is 4.01. The summed E-state index contributed by atoms with van der Waals surface area (Å²) in [4.78, 5) is 15.9. The maximum atomic E-state index is 10.8. The highest BCUT2D eigenvalue weighted by Gasteiger charge is 2.08. The van der Waals surface area contributed by atoms with E-state index in [1.54, 1.807) is 29.2 Å². The smallest absolute Gasteiger partial charge is 0.335 e. The van der Waals surface area contributed by atoms with Crippen molar-refractivity contribution in [2.45, 2.75) is 4.90 Å². The molecule has 0 saturated heterocycles. The van der Waals surface area contributed by atoms with Gasteiger partial charge in [-0.15, -0.1) is 12.6 Å². The average molecular weight is 271 g/mol. The van der Waals surface area contributed by atoms with Gasteiger partial charge in [0.25, 0.3) is 0 Å². The third kappa shape index (κ3) is 2.06. The molecule has 3 aromatic rings. The molecule has 94 valence electrons. The Morgan fingerprint density at radius 3 is 2.63 bits per heavy atom. The highest BCUT2D eigenvalue weighted by Crippen LogP contribution is 2.19. The fraction of sp³-hybridized carbons (Fsp3) is 0. The summed E-state index contributed by atoms with van der Waals surface area (Å²) in [6.45, 7) is 0. The van der Waals surface area contributed by atoms with Crippen LogP contribution in [-0.4, -0.2) is 25.8 Å². The third-order valence-corrected chi connectivity index (χ3v) is 3.00. The molecule has 0 atom stereocenters. The Labute approximate surface area is 113 Å². The van der Waals surface area contributed by atoms with Crippen LogP contribution in [0.25, 0.3) is 16.7 Å². The number of thiol groups is 1. The van der Waals surface area contributed by atoms with Crippen molar-refractivity contribution in [1.82, 2.24) is 14.8 Å². The number of benzene rings is 1. The molecule has 5 nitrogen and oxygen atoms in total. The van der Waals surface area contributed by atoms with E-state index in [9.17, 15) is 4.79 Å². The van der Waals surface area contributed by atoms with Crippen molar-refractivity contribution in [2.75, 3.05) is 0 Å². The minimum Gasteiger partial charge on any atom is -0.478 e. The molecule has 1 aromatic carbocycles. The molecule has 0 saturated carbocycles. The lowest BCUT2D eigenvalue weighted by Crippen LogP contribution is -2.00. The first-order valence-corrected chi connectivity index (χ1v) is 5.96. The number of nitrogens with zero attached hydrogens (tertiary/aromatic N) is 3. The van der Waals surface area contributed by atoms with Crippen molar-refractivity contribution in [3.05, 3.63) is 48.3 Å². The normalized spacial score (nSPS) is 10.8. The fourth-order valence-corrected chi connectivity index (χ4v) is 2.04. The third-order valence-electron chi connectivity index (χ3n) is 2.75.